The van der Waals surface area contributed by atoms with E-state index in [1.165, 1.54) is 12.8 Å². The van der Waals surface area contributed by atoms with E-state index in [9.17, 15) is 0 Å². The molecule has 1 aliphatic heterocycles. The fourth-order valence-electron chi connectivity index (χ4n) is 2.32. The molecule has 0 spiro atoms. The number of methoxy groups -OCH3 is 2. The Morgan fingerprint density at radius 2 is 1.76 bits per heavy atom. The van der Waals surface area contributed by atoms with Crippen LogP contribution in [0.3, 0.4) is 0 Å². The van der Waals surface area contributed by atoms with Crippen molar-refractivity contribution in [1.82, 2.24) is 5.32 Å². The van der Waals surface area contributed by atoms with E-state index < -0.39 is 0 Å². The molecule has 1 atom stereocenters. The minimum atomic E-state index is 0. The first-order chi connectivity index (χ1) is 7.86. The van der Waals surface area contributed by atoms with Crippen LogP contribution >= 0.6 is 12.4 Å². The topological polar surface area (TPSA) is 30.5 Å². The molecule has 3 nitrogen and oxygen atoms in total. The predicted molar refractivity (Wildman–Crippen MR) is 71.4 cm³/mol. The van der Waals surface area contributed by atoms with Gasteiger partial charge in [0.25, 0.3) is 0 Å². The molecule has 1 fully saturated rings. The highest BCUT2D eigenvalue weighted by Crippen LogP contribution is 2.37. The minimum Gasteiger partial charge on any atom is -0.496 e. The van der Waals surface area contributed by atoms with Crippen molar-refractivity contribution >= 4 is 12.4 Å². The molecule has 1 heterocycles. The zero-order valence-corrected chi connectivity index (χ0v) is 11.2. The quantitative estimate of drug-likeness (QED) is 0.903. The maximum absolute atomic E-state index is 5.42. The Balaban J connectivity index is 0.00000144. The van der Waals surface area contributed by atoms with E-state index in [0.29, 0.717) is 6.04 Å². The highest BCUT2D eigenvalue weighted by molar-refractivity contribution is 5.85. The molecule has 1 aromatic rings. The SMILES string of the molecule is COc1cccc(OC)c1[C@H]1CCCCN1.Cl. The number of benzene rings is 1. The first kappa shape index (κ1) is 14.1. The maximum Gasteiger partial charge on any atom is 0.127 e. The summed E-state index contributed by atoms with van der Waals surface area (Å²) in [6.45, 7) is 1.08. The number of nitrogens with one attached hydrogen (secondary N) is 1. The number of rotatable bonds is 3. The molecule has 0 unspecified atom stereocenters. The Labute approximate surface area is 109 Å². The van der Waals surface area contributed by atoms with Gasteiger partial charge >= 0.3 is 0 Å². The lowest BCUT2D eigenvalue weighted by molar-refractivity contribution is 0.348. The first-order valence-electron chi connectivity index (χ1n) is 5.81. The van der Waals surface area contributed by atoms with Gasteiger partial charge in [0.1, 0.15) is 11.5 Å². The van der Waals surface area contributed by atoms with Gasteiger partial charge < -0.3 is 14.8 Å². The van der Waals surface area contributed by atoms with E-state index in [2.05, 4.69) is 5.32 Å². The van der Waals surface area contributed by atoms with Crippen molar-refractivity contribution in [2.24, 2.45) is 0 Å². The van der Waals surface area contributed by atoms with Gasteiger partial charge in [-0.2, -0.15) is 0 Å². The predicted octanol–water partition coefficient (Wildman–Crippen LogP) is 2.94. The molecule has 1 saturated heterocycles. The monoisotopic (exact) mass is 257 g/mol. The summed E-state index contributed by atoms with van der Waals surface area (Å²) in [6.07, 6.45) is 3.67. The number of halogens is 1. The van der Waals surface area contributed by atoms with Gasteiger partial charge in [0.2, 0.25) is 0 Å². The normalized spacial score (nSPS) is 19.3. The van der Waals surface area contributed by atoms with E-state index in [-0.39, 0.29) is 12.4 Å². The summed E-state index contributed by atoms with van der Waals surface area (Å²) < 4.78 is 10.8. The van der Waals surface area contributed by atoms with Crippen LogP contribution in [0.25, 0.3) is 0 Å². The molecular formula is C13H20ClNO2. The average molecular weight is 258 g/mol. The molecule has 2 rings (SSSR count). The lowest BCUT2D eigenvalue weighted by Gasteiger charge is -2.26. The molecule has 0 bridgehead atoms. The summed E-state index contributed by atoms with van der Waals surface area (Å²) in [5.41, 5.74) is 1.16. The van der Waals surface area contributed by atoms with Crippen molar-refractivity contribution in [3.05, 3.63) is 23.8 Å². The first-order valence-corrected chi connectivity index (χ1v) is 5.81. The van der Waals surface area contributed by atoms with E-state index >= 15 is 0 Å². The Morgan fingerprint density at radius 1 is 1.12 bits per heavy atom. The molecule has 17 heavy (non-hydrogen) atoms. The molecule has 96 valence electrons. The summed E-state index contributed by atoms with van der Waals surface area (Å²) >= 11 is 0. The second-order valence-electron chi connectivity index (χ2n) is 4.08. The Hall–Kier alpha value is -0.930. The van der Waals surface area contributed by atoms with Crippen LogP contribution in [-0.2, 0) is 0 Å². The van der Waals surface area contributed by atoms with Crippen molar-refractivity contribution in [1.29, 1.82) is 0 Å². The van der Waals surface area contributed by atoms with Gasteiger partial charge in [0.15, 0.2) is 0 Å². The van der Waals surface area contributed by atoms with E-state index in [4.69, 9.17) is 9.47 Å². The third-order valence-corrected chi connectivity index (χ3v) is 3.12. The third-order valence-electron chi connectivity index (χ3n) is 3.12. The van der Waals surface area contributed by atoms with Gasteiger partial charge in [-0.25, -0.2) is 0 Å². The lowest BCUT2D eigenvalue weighted by atomic mass is 9.96. The van der Waals surface area contributed by atoms with Crippen molar-refractivity contribution in [2.45, 2.75) is 25.3 Å². The van der Waals surface area contributed by atoms with E-state index in [1.54, 1.807) is 14.2 Å². The van der Waals surface area contributed by atoms with E-state index in [1.807, 2.05) is 18.2 Å². The summed E-state index contributed by atoms with van der Waals surface area (Å²) in [7, 11) is 3.42. The van der Waals surface area contributed by atoms with Crippen LogP contribution in [-0.4, -0.2) is 20.8 Å². The molecule has 0 amide bonds. The van der Waals surface area contributed by atoms with Crippen molar-refractivity contribution in [3.63, 3.8) is 0 Å². The summed E-state index contributed by atoms with van der Waals surface area (Å²) in [5.74, 6) is 1.83. The molecule has 1 N–H and O–H groups in total. The van der Waals surface area contributed by atoms with Crippen LogP contribution < -0.4 is 14.8 Å². The van der Waals surface area contributed by atoms with Crippen LogP contribution in [0.15, 0.2) is 18.2 Å². The minimum absolute atomic E-state index is 0. The van der Waals surface area contributed by atoms with Crippen molar-refractivity contribution in [2.75, 3.05) is 20.8 Å². The van der Waals surface area contributed by atoms with E-state index in [0.717, 1.165) is 30.0 Å². The molecule has 0 radical (unpaired) electrons. The molecule has 1 aromatic carbocycles. The van der Waals surface area contributed by atoms with Gasteiger partial charge in [-0.15, -0.1) is 12.4 Å². The van der Waals surface area contributed by atoms with Crippen molar-refractivity contribution < 1.29 is 9.47 Å². The second-order valence-corrected chi connectivity index (χ2v) is 4.08. The summed E-state index contributed by atoms with van der Waals surface area (Å²) in [6, 6.07) is 6.31. The van der Waals surface area contributed by atoms with Gasteiger partial charge in [0.05, 0.1) is 19.8 Å². The number of hydrogen-bond donors (Lipinski definition) is 1. The van der Waals surface area contributed by atoms with Crippen molar-refractivity contribution in [3.8, 4) is 11.5 Å². The average Bonchev–Trinajstić information content (AvgIpc) is 2.38. The fourth-order valence-corrected chi connectivity index (χ4v) is 2.32. The molecule has 0 aliphatic carbocycles. The lowest BCUT2D eigenvalue weighted by Crippen LogP contribution is -2.27. The summed E-state index contributed by atoms with van der Waals surface area (Å²) in [5, 5.41) is 3.52. The molecule has 4 heteroatoms. The van der Waals surface area contributed by atoms with Crippen LogP contribution in [0.5, 0.6) is 11.5 Å². The van der Waals surface area contributed by atoms with Crippen LogP contribution in [0.4, 0.5) is 0 Å². The molecule has 1 aliphatic rings. The molecular weight excluding hydrogens is 238 g/mol. The number of ether oxygens (including phenoxy) is 2. The largest absolute Gasteiger partial charge is 0.496 e. The van der Waals surface area contributed by atoms with Crippen LogP contribution in [0.2, 0.25) is 0 Å². The number of piperidine rings is 1. The van der Waals surface area contributed by atoms with Gasteiger partial charge in [-0.05, 0) is 31.5 Å². The summed E-state index contributed by atoms with van der Waals surface area (Å²) in [4.78, 5) is 0. The fraction of sp³-hybridized carbons (Fsp3) is 0.538. The highest BCUT2D eigenvalue weighted by Gasteiger charge is 2.22. The molecule has 0 aromatic heterocycles. The van der Waals surface area contributed by atoms with Gasteiger partial charge in [0, 0.05) is 6.04 Å². The van der Waals surface area contributed by atoms with Gasteiger partial charge in [-0.3, -0.25) is 0 Å². The number of hydrogen-bond acceptors (Lipinski definition) is 3. The smallest absolute Gasteiger partial charge is 0.127 e. The van der Waals surface area contributed by atoms with Gasteiger partial charge in [-0.1, -0.05) is 12.5 Å². The highest BCUT2D eigenvalue weighted by atomic mass is 35.5. The van der Waals surface area contributed by atoms with Crippen LogP contribution in [0.1, 0.15) is 30.9 Å². The zero-order chi connectivity index (χ0) is 11.4. The zero-order valence-electron chi connectivity index (χ0n) is 10.4. The third kappa shape index (κ3) is 3.05. The van der Waals surface area contributed by atoms with Crippen LogP contribution in [0, 0.1) is 0 Å². The maximum atomic E-state index is 5.42. The second kappa shape index (κ2) is 6.72. The Morgan fingerprint density at radius 3 is 2.24 bits per heavy atom. The Bertz CT molecular complexity index is 329. The standard InChI is InChI=1S/C13H19NO2.ClH/c1-15-11-7-5-8-12(16-2)13(11)10-6-3-4-9-14-10;/h5,7-8,10,14H,3-4,6,9H2,1-2H3;1H/t10-;/m1./s1. The molecule has 0 saturated carbocycles. The Kier molecular flexibility index (Phi) is 5.59.